The van der Waals surface area contributed by atoms with Crippen molar-refractivity contribution >= 4 is 15.9 Å². The maximum absolute atomic E-state index is 5.77. The predicted molar refractivity (Wildman–Crippen MR) is 77.9 cm³/mol. The molecule has 0 aliphatic heterocycles. The molecule has 2 aliphatic carbocycles. The van der Waals surface area contributed by atoms with Gasteiger partial charge in [0, 0.05) is 11.1 Å². The third-order valence-corrected chi connectivity index (χ3v) is 5.19. The maximum atomic E-state index is 5.77. The van der Waals surface area contributed by atoms with Crippen LogP contribution in [-0.2, 0) is 17.6 Å². The first-order chi connectivity index (χ1) is 8.71. The highest BCUT2D eigenvalue weighted by Gasteiger charge is 2.40. The summed E-state index contributed by atoms with van der Waals surface area (Å²) >= 11 is 3.59. The number of ether oxygens (including phenoxy) is 1. The quantitative estimate of drug-likeness (QED) is 0.781. The molecule has 0 radical (unpaired) electrons. The highest BCUT2D eigenvalue weighted by atomic mass is 79.9. The summed E-state index contributed by atoms with van der Waals surface area (Å²) in [7, 11) is 0. The fraction of sp³-hybridized carbons (Fsp3) is 0.625. The molecule has 1 nitrogen and oxygen atoms in total. The second-order valence-electron chi connectivity index (χ2n) is 5.92. The first kappa shape index (κ1) is 12.7. The molecule has 98 valence electrons. The lowest BCUT2D eigenvalue weighted by Crippen LogP contribution is -2.31. The van der Waals surface area contributed by atoms with Crippen molar-refractivity contribution in [1.29, 1.82) is 0 Å². The summed E-state index contributed by atoms with van der Waals surface area (Å²) < 4.78 is 7.00. The van der Waals surface area contributed by atoms with Crippen molar-refractivity contribution < 1.29 is 4.74 Å². The monoisotopic (exact) mass is 308 g/mol. The largest absolute Gasteiger partial charge is 0.379 e. The van der Waals surface area contributed by atoms with E-state index in [4.69, 9.17) is 4.74 Å². The third kappa shape index (κ3) is 2.37. The summed E-state index contributed by atoms with van der Waals surface area (Å²) in [6, 6.07) is 6.81. The van der Waals surface area contributed by atoms with Gasteiger partial charge in [-0.1, -0.05) is 22.0 Å². The van der Waals surface area contributed by atoms with Gasteiger partial charge in [-0.05, 0) is 74.1 Å². The average molecular weight is 309 g/mol. The van der Waals surface area contributed by atoms with Gasteiger partial charge in [-0.15, -0.1) is 0 Å². The van der Waals surface area contributed by atoms with Crippen molar-refractivity contribution in [2.75, 3.05) is 6.61 Å². The molecule has 0 unspecified atom stereocenters. The molecule has 18 heavy (non-hydrogen) atoms. The average Bonchev–Trinajstić information content (AvgIpc) is 2.70. The van der Waals surface area contributed by atoms with Crippen molar-refractivity contribution in [3.63, 3.8) is 0 Å². The summed E-state index contributed by atoms with van der Waals surface area (Å²) in [6.45, 7) is 2.97. The summed E-state index contributed by atoms with van der Waals surface area (Å²) in [5.41, 5.74) is 3.70. The van der Waals surface area contributed by atoms with E-state index in [1.807, 2.05) is 0 Å². The lowest BCUT2D eigenvalue weighted by atomic mass is 9.71. The van der Waals surface area contributed by atoms with Crippen LogP contribution in [0.25, 0.3) is 0 Å². The van der Waals surface area contributed by atoms with E-state index in [9.17, 15) is 0 Å². The zero-order chi connectivity index (χ0) is 12.6. The smallest absolute Gasteiger partial charge is 0.0575 e. The fourth-order valence-electron chi connectivity index (χ4n) is 3.76. The topological polar surface area (TPSA) is 9.23 Å². The van der Waals surface area contributed by atoms with Gasteiger partial charge in [0.1, 0.15) is 0 Å². The lowest BCUT2D eigenvalue weighted by Gasteiger charge is -2.37. The van der Waals surface area contributed by atoms with Gasteiger partial charge in [-0.2, -0.15) is 0 Å². The fourth-order valence-corrected chi connectivity index (χ4v) is 4.17. The van der Waals surface area contributed by atoms with Gasteiger partial charge in [-0.3, -0.25) is 0 Å². The summed E-state index contributed by atoms with van der Waals surface area (Å²) in [4.78, 5) is 0. The Bertz CT molecular complexity index is 433. The second kappa shape index (κ2) is 4.97. The third-order valence-electron chi connectivity index (χ3n) is 4.69. The molecule has 0 atom stereocenters. The van der Waals surface area contributed by atoms with E-state index in [1.165, 1.54) is 43.0 Å². The molecule has 3 rings (SSSR count). The molecular formula is C16H21BrO. The van der Waals surface area contributed by atoms with Crippen LogP contribution in [0.4, 0.5) is 0 Å². The summed E-state index contributed by atoms with van der Waals surface area (Å²) in [5, 5.41) is 0. The van der Waals surface area contributed by atoms with E-state index in [0.717, 1.165) is 6.61 Å². The van der Waals surface area contributed by atoms with Gasteiger partial charge in [-0.25, -0.2) is 0 Å². The number of halogens is 1. The first-order valence-corrected chi connectivity index (χ1v) is 7.89. The van der Waals surface area contributed by atoms with E-state index >= 15 is 0 Å². The zero-order valence-electron chi connectivity index (χ0n) is 11.0. The van der Waals surface area contributed by atoms with Gasteiger partial charge in [0.15, 0.2) is 0 Å². The van der Waals surface area contributed by atoms with Crippen LogP contribution in [0.1, 0.15) is 43.7 Å². The molecule has 1 aromatic rings. The van der Waals surface area contributed by atoms with Crippen LogP contribution in [-0.4, -0.2) is 12.7 Å². The minimum absolute atomic E-state index is 0.524. The van der Waals surface area contributed by atoms with Crippen LogP contribution < -0.4 is 0 Å². The summed E-state index contributed by atoms with van der Waals surface area (Å²) in [5.74, 6) is 0. The Morgan fingerprint density at radius 1 is 1.22 bits per heavy atom. The molecule has 0 N–H and O–H groups in total. The van der Waals surface area contributed by atoms with Crippen LogP contribution in [0, 0.1) is 5.41 Å². The van der Waals surface area contributed by atoms with Crippen LogP contribution in [0.5, 0.6) is 0 Å². The second-order valence-corrected chi connectivity index (χ2v) is 6.84. The first-order valence-electron chi connectivity index (χ1n) is 7.10. The van der Waals surface area contributed by atoms with Crippen molar-refractivity contribution in [3.05, 3.63) is 33.8 Å². The van der Waals surface area contributed by atoms with Crippen LogP contribution >= 0.6 is 15.9 Å². The van der Waals surface area contributed by atoms with E-state index in [-0.39, 0.29) is 0 Å². The van der Waals surface area contributed by atoms with Crippen molar-refractivity contribution in [3.8, 4) is 0 Å². The minimum Gasteiger partial charge on any atom is -0.379 e. The van der Waals surface area contributed by atoms with E-state index < -0.39 is 0 Å². The van der Waals surface area contributed by atoms with Gasteiger partial charge < -0.3 is 4.74 Å². The maximum Gasteiger partial charge on any atom is 0.0575 e. The molecule has 0 saturated heterocycles. The highest BCUT2D eigenvalue weighted by Crippen LogP contribution is 2.48. The lowest BCUT2D eigenvalue weighted by molar-refractivity contribution is 0.00481. The predicted octanol–water partition coefficient (Wildman–Crippen LogP) is 4.51. The Morgan fingerprint density at radius 3 is 2.67 bits per heavy atom. The highest BCUT2D eigenvalue weighted by molar-refractivity contribution is 9.10. The standard InChI is InChI=1S/C16H21BrO/c1-2-18-15-5-7-16(8-6-15)10-12-3-4-14(17)9-13(12)11-16/h3-4,9,15H,2,5-8,10-11H2,1H3/t15-,16-. The van der Waals surface area contributed by atoms with E-state index in [1.54, 1.807) is 11.1 Å². The Labute approximate surface area is 118 Å². The normalized spacial score (nSPS) is 30.7. The molecule has 0 bridgehead atoms. The number of hydrogen-bond acceptors (Lipinski definition) is 1. The van der Waals surface area contributed by atoms with Crippen LogP contribution in [0.3, 0.4) is 0 Å². The molecule has 1 aromatic carbocycles. The van der Waals surface area contributed by atoms with Crippen molar-refractivity contribution in [2.24, 2.45) is 5.41 Å². The van der Waals surface area contributed by atoms with Gasteiger partial charge >= 0.3 is 0 Å². The zero-order valence-corrected chi connectivity index (χ0v) is 12.6. The van der Waals surface area contributed by atoms with Crippen LogP contribution in [0.15, 0.2) is 22.7 Å². The molecule has 0 aromatic heterocycles. The molecular weight excluding hydrogens is 288 g/mol. The van der Waals surface area contributed by atoms with Gasteiger partial charge in [0.2, 0.25) is 0 Å². The molecule has 1 saturated carbocycles. The van der Waals surface area contributed by atoms with Crippen molar-refractivity contribution in [1.82, 2.24) is 0 Å². The SMILES string of the molecule is CCO[C@H]1CC[C@]2(CC1)Cc1ccc(Br)cc1C2. The number of benzene rings is 1. The Morgan fingerprint density at radius 2 is 1.94 bits per heavy atom. The molecule has 2 aliphatic rings. The van der Waals surface area contributed by atoms with E-state index in [2.05, 4.69) is 41.1 Å². The molecule has 1 fully saturated rings. The Hall–Kier alpha value is -0.340. The van der Waals surface area contributed by atoms with Crippen LogP contribution in [0.2, 0.25) is 0 Å². The Kier molecular flexibility index (Phi) is 3.50. The van der Waals surface area contributed by atoms with Crippen molar-refractivity contribution in [2.45, 2.75) is 51.6 Å². The number of fused-ring (bicyclic) bond motifs is 1. The van der Waals surface area contributed by atoms with Gasteiger partial charge in [0.05, 0.1) is 6.10 Å². The molecule has 0 amide bonds. The summed E-state index contributed by atoms with van der Waals surface area (Å²) in [6.07, 6.45) is 8.27. The number of hydrogen-bond donors (Lipinski definition) is 0. The molecule has 2 heteroatoms. The Balaban J connectivity index is 1.70. The van der Waals surface area contributed by atoms with Gasteiger partial charge in [0.25, 0.3) is 0 Å². The number of rotatable bonds is 2. The minimum atomic E-state index is 0.524. The van der Waals surface area contributed by atoms with E-state index in [0.29, 0.717) is 11.5 Å². The molecule has 1 spiro atoms. The molecule has 0 heterocycles.